The van der Waals surface area contributed by atoms with Gasteiger partial charge in [0.15, 0.2) is 5.13 Å². The summed E-state index contributed by atoms with van der Waals surface area (Å²) in [5, 5.41) is 6.04. The van der Waals surface area contributed by atoms with Crippen molar-refractivity contribution in [1.29, 1.82) is 0 Å². The number of nitrogens with zero attached hydrogens (tertiary/aromatic N) is 1. The minimum absolute atomic E-state index is 0.152. The Balaban J connectivity index is 1.45. The molecular formula is C19H15Cl2FN2O2S. The van der Waals surface area contributed by atoms with Crippen molar-refractivity contribution in [3.63, 3.8) is 0 Å². The smallest absolute Gasteiger partial charge is 0.226 e. The fourth-order valence-electron chi connectivity index (χ4n) is 2.27. The number of rotatable bonds is 7. The summed E-state index contributed by atoms with van der Waals surface area (Å²) in [4.78, 5) is 16.4. The van der Waals surface area contributed by atoms with Crippen LogP contribution >= 0.6 is 34.5 Å². The van der Waals surface area contributed by atoms with E-state index in [4.69, 9.17) is 27.9 Å². The maximum Gasteiger partial charge on any atom is 0.226 e. The summed E-state index contributed by atoms with van der Waals surface area (Å²) in [6, 6.07) is 11.0. The fourth-order valence-corrected chi connectivity index (χ4v) is 3.47. The van der Waals surface area contributed by atoms with Crippen LogP contribution < -0.4 is 10.1 Å². The minimum Gasteiger partial charge on any atom is -0.492 e. The number of carbonyl (C=O) groups excluding carboxylic acids is 1. The Hall–Kier alpha value is -2.15. The Labute approximate surface area is 169 Å². The van der Waals surface area contributed by atoms with Gasteiger partial charge in [0.2, 0.25) is 5.91 Å². The third kappa shape index (κ3) is 5.66. The van der Waals surface area contributed by atoms with Crippen LogP contribution in [-0.4, -0.2) is 17.5 Å². The Morgan fingerprint density at radius 3 is 2.70 bits per heavy atom. The van der Waals surface area contributed by atoms with Crippen LogP contribution in [0.1, 0.15) is 12.8 Å². The maximum absolute atomic E-state index is 13.0. The van der Waals surface area contributed by atoms with E-state index in [1.165, 1.54) is 23.5 Å². The molecule has 0 unspecified atom stereocenters. The van der Waals surface area contributed by atoms with E-state index in [1.807, 2.05) is 5.38 Å². The van der Waals surface area contributed by atoms with Crippen LogP contribution in [0.25, 0.3) is 11.3 Å². The van der Waals surface area contributed by atoms with Gasteiger partial charge in [-0.3, -0.25) is 4.79 Å². The van der Waals surface area contributed by atoms with Crippen molar-refractivity contribution >= 4 is 45.6 Å². The van der Waals surface area contributed by atoms with Crippen molar-refractivity contribution in [1.82, 2.24) is 4.98 Å². The number of carbonyl (C=O) groups is 1. The van der Waals surface area contributed by atoms with Crippen molar-refractivity contribution < 1.29 is 13.9 Å². The van der Waals surface area contributed by atoms with E-state index in [0.29, 0.717) is 39.6 Å². The highest BCUT2D eigenvalue weighted by atomic mass is 35.5. The lowest BCUT2D eigenvalue weighted by molar-refractivity contribution is -0.116. The van der Waals surface area contributed by atoms with Crippen molar-refractivity contribution in [3.8, 4) is 17.0 Å². The molecule has 0 aliphatic rings. The first-order chi connectivity index (χ1) is 13.0. The number of ether oxygens (including phenoxy) is 1. The average Bonchev–Trinajstić information content (AvgIpc) is 3.09. The molecule has 3 aromatic rings. The number of hydrogen-bond acceptors (Lipinski definition) is 4. The first kappa shape index (κ1) is 19.6. The number of hydrogen-bond donors (Lipinski definition) is 1. The molecule has 0 saturated carbocycles. The van der Waals surface area contributed by atoms with E-state index >= 15 is 0 Å². The first-order valence-electron chi connectivity index (χ1n) is 8.10. The minimum atomic E-state index is -0.301. The normalized spacial score (nSPS) is 10.6. The lowest BCUT2D eigenvalue weighted by Gasteiger charge is -2.08. The van der Waals surface area contributed by atoms with Crippen LogP contribution in [0.4, 0.5) is 9.52 Å². The monoisotopic (exact) mass is 424 g/mol. The van der Waals surface area contributed by atoms with E-state index in [2.05, 4.69) is 10.3 Å². The average molecular weight is 425 g/mol. The van der Waals surface area contributed by atoms with Crippen LogP contribution in [0.5, 0.6) is 5.75 Å². The van der Waals surface area contributed by atoms with Gasteiger partial charge in [-0.05, 0) is 48.9 Å². The molecule has 1 N–H and O–H groups in total. The number of anilines is 1. The first-order valence-corrected chi connectivity index (χ1v) is 9.74. The lowest BCUT2D eigenvalue weighted by atomic mass is 10.2. The van der Waals surface area contributed by atoms with Crippen LogP contribution in [0, 0.1) is 5.82 Å². The summed E-state index contributed by atoms with van der Waals surface area (Å²) in [6.07, 6.45) is 0.817. The molecule has 1 aromatic heterocycles. The molecule has 0 radical (unpaired) electrons. The molecule has 140 valence electrons. The zero-order chi connectivity index (χ0) is 19.2. The molecule has 0 aliphatic heterocycles. The molecule has 1 amide bonds. The summed E-state index contributed by atoms with van der Waals surface area (Å²) in [6.45, 7) is 0.355. The van der Waals surface area contributed by atoms with E-state index in [1.54, 1.807) is 30.3 Å². The second kappa shape index (κ2) is 9.17. The Morgan fingerprint density at radius 1 is 1.19 bits per heavy atom. The molecule has 0 atom stereocenters. The maximum atomic E-state index is 13.0. The second-order valence-corrected chi connectivity index (χ2v) is 7.32. The molecule has 0 spiro atoms. The molecule has 8 heteroatoms. The van der Waals surface area contributed by atoms with Crippen molar-refractivity contribution in [2.24, 2.45) is 0 Å². The summed E-state index contributed by atoms with van der Waals surface area (Å²) in [5.74, 6) is 0.0794. The molecule has 2 aromatic carbocycles. The zero-order valence-electron chi connectivity index (χ0n) is 14.0. The summed E-state index contributed by atoms with van der Waals surface area (Å²) < 4.78 is 18.5. The van der Waals surface area contributed by atoms with Crippen LogP contribution in [0.2, 0.25) is 10.0 Å². The van der Waals surface area contributed by atoms with E-state index < -0.39 is 0 Å². The molecular weight excluding hydrogens is 410 g/mol. The van der Waals surface area contributed by atoms with E-state index in [-0.39, 0.29) is 18.1 Å². The summed E-state index contributed by atoms with van der Waals surface area (Å²) in [5.41, 5.74) is 1.48. The predicted octanol–water partition coefficient (Wildman–Crippen LogP) is 6.05. The largest absolute Gasteiger partial charge is 0.492 e. The lowest BCUT2D eigenvalue weighted by Crippen LogP contribution is -2.12. The van der Waals surface area contributed by atoms with Crippen LogP contribution in [-0.2, 0) is 4.79 Å². The number of aromatic nitrogens is 1. The Bertz CT molecular complexity index is 932. The van der Waals surface area contributed by atoms with Crippen molar-refractivity contribution in [2.75, 3.05) is 11.9 Å². The number of amides is 1. The fraction of sp³-hybridized carbons (Fsp3) is 0.158. The van der Waals surface area contributed by atoms with Gasteiger partial charge < -0.3 is 10.1 Å². The summed E-state index contributed by atoms with van der Waals surface area (Å²) >= 11 is 13.2. The zero-order valence-corrected chi connectivity index (χ0v) is 16.4. The summed E-state index contributed by atoms with van der Waals surface area (Å²) in [7, 11) is 0. The van der Waals surface area contributed by atoms with Crippen molar-refractivity contribution in [3.05, 3.63) is 63.7 Å². The second-order valence-electron chi connectivity index (χ2n) is 5.62. The molecule has 4 nitrogen and oxygen atoms in total. The third-order valence-corrected chi connectivity index (χ3v) is 4.88. The third-order valence-electron chi connectivity index (χ3n) is 3.59. The van der Waals surface area contributed by atoms with Gasteiger partial charge in [-0.15, -0.1) is 11.3 Å². The van der Waals surface area contributed by atoms with Gasteiger partial charge in [-0.1, -0.05) is 23.2 Å². The Kier molecular flexibility index (Phi) is 6.66. The van der Waals surface area contributed by atoms with E-state index in [0.717, 1.165) is 5.56 Å². The number of halogens is 3. The highest BCUT2D eigenvalue weighted by molar-refractivity contribution is 7.14. The SMILES string of the molecule is O=C(CCCOc1ccc(Cl)cc1Cl)Nc1nc(-c2ccc(F)cc2)cs1. The van der Waals surface area contributed by atoms with Gasteiger partial charge in [-0.25, -0.2) is 9.37 Å². The van der Waals surface area contributed by atoms with Gasteiger partial charge >= 0.3 is 0 Å². The molecule has 0 bridgehead atoms. The number of benzene rings is 2. The van der Waals surface area contributed by atoms with Crippen LogP contribution in [0.15, 0.2) is 47.8 Å². The Morgan fingerprint density at radius 2 is 1.96 bits per heavy atom. The topological polar surface area (TPSA) is 51.2 Å². The highest BCUT2D eigenvalue weighted by Crippen LogP contribution is 2.28. The molecule has 1 heterocycles. The van der Waals surface area contributed by atoms with Crippen molar-refractivity contribution in [2.45, 2.75) is 12.8 Å². The molecule has 27 heavy (non-hydrogen) atoms. The molecule has 0 fully saturated rings. The predicted molar refractivity (Wildman–Crippen MR) is 107 cm³/mol. The molecule has 0 saturated heterocycles. The van der Waals surface area contributed by atoms with E-state index in [9.17, 15) is 9.18 Å². The van der Waals surface area contributed by atoms with Crippen LogP contribution in [0.3, 0.4) is 0 Å². The standard InChI is InChI=1S/C19H15Cl2FN2O2S/c20-13-5-8-17(15(21)10-13)26-9-1-2-18(25)24-19-23-16(11-27-19)12-3-6-14(22)7-4-12/h3-8,10-11H,1-2,9H2,(H,23,24,25). The van der Waals surface area contributed by atoms with Gasteiger partial charge in [0.1, 0.15) is 11.6 Å². The van der Waals surface area contributed by atoms with Gasteiger partial charge in [0.25, 0.3) is 0 Å². The van der Waals surface area contributed by atoms with Gasteiger partial charge in [0, 0.05) is 22.4 Å². The molecule has 3 rings (SSSR count). The van der Waals surface area contributed by atoms with Gasteiger partial charge in [0.05, 0.1) is 17.3 Å². The number of nitrogens with one attached hydrogen (secondary N) is 1. The number of thiazole rings is 1. The van der Waals surface area contributed by atoms with Gasteiger partial charge in [-0.2, -0.15) is 0 Å². The quantitative estimate of drug-likeness (QED) is 0.469. The molecule has 0 aliphatic carbocycles. The highest BCUT2D eigenvalue weighted by Gasteiger charge is 2.09.